The zero-order valence-corrected chi connectivity index (χ0v) is 12.6. The Morgan fingerprint density at radius 3 is 2.95 bits per heavy atom. The van der Waals surface area contributed by atoms with Crippen molar-refractivity contribution in [2.24, 2.45) is 0 Å². The molecule has 0 amide bonds. The molecule has 3 rings (SSSR count). The molecule has 1 unspecified atom stereocenters. The molecule has 1 heterocycles. The highest BCUT2D eigenvalue weighted by Gasteiger charge is 2.19. The fourth-order valence-electron chi connectivity index (χ4n) is 2.80. The summed E-state index contributed by atoms with van der Waals surface area (Å²) >= 11 is 0. The molecule has 5 heteroatoms. The average Bonchev–Trinajstić information content (AvgIpc) is 3.00. The van der Waals surface area contributed by atoms with Gasteiger partial charge in [-0.1, -0.05) is 13.0 Å². The molecule has 0 spiro atoms. The first-order valence-corrected chi connectivity index (χ1v) is 7.54. The number of aryl methyl sites for hydroxylation is 2. The van der Waals surface area contributed by atoms with Crippen LogP contribution in [-0.2, 0) is 19.4 Å². The molecular formula is C16H21N3O2. The van der Waals surface area contributed by atoms with Crippen LogP contribution in [0.5, 0.6) is 5.75 Å². The summed E-state index contributed by atoms with van der Waals surface area (Å²) in [5.41, 5.74) is 2.76. The second kappa shape index (κ2) is 6.26. The predicted octanol–water partition coefficient (Wildman–Crippen LogP) is 2.81. The van der Waals surface area contributed by atoms with Crippen LogP contribution < -0.4 is 10.1 Å². The Hall–Kier alpha value is -1.88. The Labute approximate surface area is 124 Å². The van der Waals surface area contributed by atoms with E-state index in [0.717, 1.165) is 18.6 Å². The fraction of sp³-hybridized carbons (Fsp3) is 0.500. The van der Waals surface area contributed by atoms with E-state index in [2.05, 4.69) is 27.6 Å². The normalized spacial score (nSPS) is 17.5. The molecule has 1 atom stereocenters. The van der Waals surface area contributed by atoms with Gasteiger partial charge in [0.05, 0.1) is 0 Å². The van der Waals surface area contributed by atoms with Crippen molar-refractivity contribution in [3.05, 3.63) is 41.1 Å². The number of ether oxygens (including phenoxy) is 1. The van der Waals surface area contributed by atoms with Crippen molar-refractivity contribution in [1.29, 1.82) is 0 Å². The van der Waals surface area contributed by atoms with Gasteiger partial charge in [0.15, 0.2) is 6.61 Å². The van der Waals surface area contributed by atoms with Crippen molar-refractivity contribution in [2.75, 3.05) is 7.05 Å². The molecule has 0 bridgehead atoms. The van der Waals surface area contributed by atoms with Gasteiger partial charge in [-0.25, -0.2) is 0 Å². The highest BCUT2D eigenvalue weighted by Crippen LogP contribution is 2.32. The molecule has 0 aliphatic heterocycles. The summed E-state index contributed by atoms with van der Waals surface area (Å²) < 4.78 is 11.2. The van der Waals surface area contributed by atoms with Crippen LogP contribution in [0.15, 0.2) is 22.6 Å². The van der Waals surface area contributed by atoms with Gasteiger partial charge in [0.1, 0.15) is 5.75 Å². The molecule has 1 aromatic carbocycles. The standard InChI is InChI=1S/C16H21N3O2/c1-3-15-18-19-16(21-15)10-20-12-8-7-11-5-4-6-14(17-2)13(11)9-12/h7-9,14,17H,3-6,10H2,1-2H3. The van der Waals surface area contributed by atoms with Gasteiger partial charge in [0.2, 0.25) is 5.89 Å². The van der Waals surface area contributed by atoms with E-state index in [-0.39, 0.29) is 0 Å². The number of hydrogen-bond acceptors (Lipinski definition) is 5. The van der Waals surface area contributed by atoms with E-state index in [0.29, 0.717) is 24.4 Å². The molecule has 0 saturated carbocycles. The zero-order valence-electron chi connectivity index (χ0n) is 12.6. The van der Waals surface area contributed by atoms with Crippen LogP contribution in [0.3, 0.4) is 0 Å². The minimum atomic E-state index is 0.315. The van der Waals surface area contributed by atoms with Gasteiger partial charge in [-0.05, 0) is 49.6 Å². The van der Waals surface area contributed by atoms with E-state index in [9.17, 15) is 0 Å². The molecule has 5 nitrogen and oxygen atoms in total. The van der Waals surface area contributed by atoms with Crippen molar-refractivity contribution < 1.29 is 9.15 Å². The van der Waals surface area contributed by atoms with Crippen LogP contribution in [0.4, 0.5) is 0 Å². The second-order valence-corrected chi connectivity index (χ2v) is 5.33. The summed E-state index contributed by atoms with van der Waals surface area (Å²) in [6, 6.07) is 6.74. The maximum Gasteiger partial charge on any atom is 0.253 e. The van der Waals surface area contributed by atoms with Crippen LogP contribution in [0.25, 0.3) is 0 Å². The minimum absolute atomic E-state index is 0.315. The van der Waals surface area contributed by atoms with E-state index < -0.39 is 0 Å². The summed E-state index contributed by atoms with van der Waals surface area (Å²) in [5, 5.41) is 11.3. The van der Waals surface area contributed by atoms with E-state index in [1.807, 2.05) is 20.0 Å². The molecule has 21 heavy (non-hydrogen) atoms. The van der Waals surface area contributed by atoms with E-state index in [1.165, 1.54) is 24.0 Å². The lowest BCUT2D eigenvalue weighted by Crippen LogP contribution is -2.21. The first-order chi connectivity index (χ1) is 10.3. The van der Waals surface area contributed by atoms with Crippen LogP contribution in [0.2, 0.25) is 0 Å². The van der Waals surface area contributed by atoms with Gasteiger partial charge >= 0.3 is 0 Å². The molecule has 2 aromatic rings. The fourth-order valence-corrected chi connectivity index (χ4v) is 2.80. The van der Waals surface area contributed by atoms with Crippen molar-refractivity contribution in [1.82, 2.24) is 15.5 Å². The van der Waals surface area contributed by atoms with Crippen LogP contribution in [0, 0.1) is 0 Å². The van der Waals surface area contributed by atoms with Gasteiger partial charge in [0, 0.05) is 12.5 Å². The minimum Gasteiger partial charge on any atom is -0.484 e. The largest absolute Gasteiger partial charge is 0.484 e. The summed E-state index contributed by atoms with van der Waals surface area (Å²) in [4.78, 5) is 0. The SMILES string of the molecule is CCc1nnc(COc2ccc3c(c2)C(NC)CCC3)o1. The van der Waals surface area contributed by atoms with Gasteiger partial charge in [-0.3, -0.25) is 0 Å². The summed E-state index contributed by atoms with van der Waals surface area (Å²) in [5.74, 6) is 2.02. The number of benzene rings is 1. The molecule has 1 N–H and O–H groups in total. The lowest BCUT2D eigenvalue weighted by atomic mass is 9.87. The molecule has 1 aliphatic rings. The van der Waals surface area contributed by atoms with Crippen molar-refractivity contribution >= 4 is 0 Å². The Kier molecular flexibility index (Phi) is 4.20. The van der Waals surface area contributed by atoms with Crippen LogP contribution in [0.1, 0.15) is 48.7 Å². The number of nitrogens with one attached hydrogen (secondary N) is 1. The molecule has 0 radical (unpaired) electrons. The molecule has 1 aromatic heterocycles. The highest BCUT2D eigenvalue weighted by molar-refractivity contribution is 5.39. The molecular weight excluding hydrogens is 266 g/mol. The summed E-state index contributed by atoms with van der Waals surface area (Å²) in [6.45, 7) is 2.30. The first kappa shape index (κ1) is 14.1. The summed E-state index contributed by atoms with van der Waals surface area (Å²) in [6.07, 6.45) is 4.31. The van der Waals surface area contributed by atoms with Crippen LogP contribution >= 0.6 is 0 Å². The molecule has 0 saturated heterocycles. The second-order valence-electron chi connectivity index (χ2n) is 5.33. The lowest BCUT2D eigenvalue weighted by Gasteiger charge is -2.25. The van der Waals surface area contributed by atoms with Crippen molar-refractivity contribution in [3.63, 3.8) is 0 Å². The Morgan fingerprint density at radius 2 is 2.19 bits per heavy atom. The number of aromatic nitrogens is 2. The third kappa shape index (κ3) is 3.08. The number of fused-ring (bicyclic) bond motifs is 1. The van der Waals surface area contributed by atoms with Crippen molar-refractivity contribution in [3.8, 4) is 5.75 Å². The van der Waals surface area contributed by atoms with E-state index in [4.69, 9.17) is 9.15 Å². The number of rotatable bonds is 5. The lowest BCUT2D eigenvalue weighted by molar-refractivity contribution is 0.258. The maximum atomic E-state index is 5.78. The Bertz CT molecular complexity index is 609. The Balaban J connectivity index is 1.71. The zero-order chi connectivity index (χ0) is 14.7. The Morgan fingerprint density at radius 1 is 1.33 bits per heavy atom. The van der Waals surface area contributed by atoms with Gasteiger partial charge in [-0.2, -0.15) is 0 Å². The van der Waals surface area contributed by atoms with Crippen LogP contribution in [-0.4, -0.2) is 17.2 Å². The molecule has 0 fully saturated rings. The first-order valence-electron chi connectivity index (χ1n) is 7.54. The third-order valence-electron chi connectivity index (χ3n) is 3.95. The molecule has 1 aliphatic carbocycles. The topological polar surface area (TPSA) is 60.2 Å². The van der Waals surface area contributed by atoms with Gasteiger partial charge in [0.25, 0.3) is 5.89 Å². The highest BCUT2D eigenvalue weighted by atomic mass is 16.5. The predicted molar refractivity (Wildman–Crippen MR) is 79.2 cm³/mol. The van der Waals surface area contributed by atoms with E-state index in [1.54, 1.807) is 0 Å². The van der Waals surface area contributed by atoms with Crippen molar-refractivity contribution in [2.45, 2.75) is 45.3 Å². The monoisotopic (exact) mass is 287 g/mol. The summed E-state index contributed by atoms with van der Waals surface area (Å²) in [7, 11) is 2.01. The number of hydrogen-bond donors (Lipinski definition) is 1. The smallest absolute Gasteiger partial charge is 0.253 e. The maximum absolute atomic E-state index is 5.78. The van der Waals surface area contributed by atoms with Gasteiger partial charge in [-0.15, -0.1) is 10.2 Å². The molecule has 112 valence electrons. The van der Waals surface area contributed by atoms with E-state index >= 15 is 0 Å². The third-order valence-corrected chi connectivity index (χ3v) is 3.95. The number of nitrogens with zero attached hydrogens (tertiary/aromatic N) is 2. The quantitative estimate of drug-likeness (QED) is 0.916. The van der Waals surface area contributed by atoms with Gasteiger partial charge < -0.3 is 14.5 Å². The average molecular weight is 287 g/mol.